The minimum absolute atomic E-state index is 0.00810. The summed E-state index contributed by atoms with van der Waals surface area (Å²) in [6.45, 7) is 2.91. The maximum absolute atomic E-state index is 11.5. The molecule has 2 amide bonds. The van der Waals surface area contributed by atoms with Crippen molar-refractivity contribution in [1.29, 1.82) is 0 Å². The van der Waals surface area contributed by atoms with Crippen molar-refractivity contribution < 1.29 is 14.3 Å². The number of carbonyl (C=O) groups is 2. The predicted octanol–water partition coefficient (Wildman–Crippen LogP) is -1.20. The van der Waals surface area contributed by atoms with Gasteiger partial charge < -0.3 is 20.7 Å². The summed E-state index contributed by atoms with van der Waals surface area (Å²) in [6.07, 6.45) is 0. The standard InChI is InChI=1S/C10H21N3O3/c1-8(10(15)12-2)6-13(3)9(14)7-16-5-4-11/h8H,4-7,11H2,1-3H3,(H,12,15). The van der Waals surface area contributed by atoms with Crippen LogP contribution in [0.4, 0.5) is 0 Å². The van der Waals surface area contributed by atoms with Crippen molar-refractivity contribution in [2.45, 2.75) is 6.92 Å². The van der Waals surface area contributed by atoms with Gasteiger partial charge in [0.05, 0.1) is 12.5 Å². The SMILES string of the molecule is CNC(=O)C(C)CN(C)C(=O)COCCN. The number of nitrogens with one attached hydrogen (secondary N) is 1. The maximum atomic E-state index is 11.5. The zero-order valence-corrected chi connectivity index (χ0v) is 10.2. The van der Waals surface area contributed by atoms with Crippen molar-refractivity contribution in [3.05, 3.63) is 0 Å². The van der Waals surface area contributed by atoms with Crippen LogP contribution in [0.5, 0.6) is 0 Å². The van der Waals surface area contributed by atoms with Crippen LogP contribution in [-0.2, 0) is 14.3 Å². The molecule has 0 spiro atoms. The van der Waals surface area contributed by atoms with Crippen molar-refractivity contribution in [3.8, 4) is 0 Å². The van der Waals surface area contributed by atoms with E-state index < -0.39 is 0 Å². The largest absolute Gasteiger partial charge is 0.370 e. The van der Waals surface area contributed by atoms with Crippen molar-refractivity contribution >= 4 is 11.8 Å². The molecule has 1 unspecified atom stereocenters. The Labute approximate surface area is 96.1 Å². The Morgan fingerprint density at radius 3 is 2.62 bits per heavy atom. The van der Waals surface area contributed by atoms with Gasteiger partial charge in [0.2, 0.25) is 11.8 Å². The van der Waals surface area contributed by atoms with E-state index in [1.807, 2.05) is 0 Å². The first kappa shape index (κ1) is 14.9. The molecule has 6 heteroatoms. The van der Waals surface area contributed by atoms with Crippen LogP contribution >= 0.6 is 0 Å². The van der Waals surface area contributed by atoms with E-state index >= 15 is 0 Å². The van der Waals surface area contributed by atoms with Crippen LogP contribution in [0.3, 0.4) is 0 Å². The summed E-state index contributed by atoms with van der Waals surface area (Å²) in [7, 11) is 3.22. The second-order valence-corrected chi connectivity index (χ2v) is 3.63. The average Bonchev–Trinajstić information content (AvgIpc) is 2.27. The second-order valence-electron chi connectivity index (χ2n) is 3.63. The van der Waals surface area contributed by atoms with Gasteiger partial charge in [-0.1, -0.05) is 6.92 Å². The van der Waals surface area contributed by atoms with Gasteiger partial charge in [-0.15, -0.1) is 0 Å². The van der Waals surface area contributed by atoms with Crippen molar-refractivity contribution in [1.82, 2.24) is 10.2 Å². The molecule has 6 nitrogen and oxygen atoms in total. The Morgan fingerprint density at radius 1 is 1.50 bits per heavy atom. The Morgan fingerprint density at radius 2 is 2.12 bits per heavy atom. The van der Waals surface area contributed by atoms with Crippen molar-refractivity contribution in [3.63, 3.8) is 0 Å². The first-order chi connectivity index (χ1) is 7.52. The monoisotopic (exact) mass is 231 g/mol. The van der Waals surface area contributed by atoms with E-state index in [4.69, 9.17) is 10.5 Å². The molecule has 3 N–H and O–H groups in total. The van der Waals surface area contributed by atoms with Gasteiger partial charge in [0.15, 0.2) is 0 Å². The molecule has 0 fully saturated rings. The van der Waals surface area contributed by atoms with E-state index in [0.717, 1.165) is 0 Å². The highest BCUT2D eigenvalue weighted by molar-refractivity contribution is 5.80. The van der Waals surface area contributed by atoms with Gasteiger partial charge in [0.25, 0.3) is 0 Å². The highest BCUT2D eigenvalue weighted by Gasteiger charge is 2.16. The Kier molecular flexibility index (Phi) is 7.49. The molecule has 0 heterocycles. The normalized spacial score (nSPS) is 12.0. The summed E-state index contributed by atoms with van der Waals surface area (Å²) in [5.74, 6) is -0.458. The first-order valence-corrected chi connectivity index (χ1v) is 5.26. The topological polar surface area (TPSA) is 84.7 Å². The predicted molar refractivity (Wildman–Crippen MR) is 60.7 cm³/mol. The number of carbonyl (C=O) groups excluding carboxylic acids is 2. The number of hydrogen-bond donors (Lipinski definition) is 2. The van der Waals surface area contributed by atoms with Crippen LogP contribution in [-0.4, -0.2) is 57.1 Å². The Balaban J connectivity index is 3.90. The zero-order valence-electron chi connectivity index (χ0n) is 10.2. The molecule has 0 aromatic carbocycles. The van der Waals surface area contributed by atoms with Gasteiger partial charge in [-0.3, -0.25) is 9.59 Å². The summed E-state index contributed by atoms with van der Waals surface area (Å²) in [5, 5.41) is 2.54. The maximum Gasteiger partial charge on any atom is 0.248 e. The lowest BCUT2D eigenvalue weighted by Gasteiger charge is -2.20. The number of nitrogens with two attached hydrogens (primary N) is 1. The summed E-state index contributed by atoms with van der Waals surface area (Å²) < 4.78 is 5.02. The molecule has 0 aliphatic rings. The molecule has 1 atom stereocenters. The molecule has 0 aromatic heterocycles. The fraction of sp³-hybridized carbons (Fsp3) is 0.800. The van der Waals surface area contributed by atoms with E-state index in [1.54, 1.807) is 21.0 Å². The first-order valence-electron chi connectivity index (χ1n) is 5.26. The molecule has 0 saturated heterocycles. The summed E-state index contributed by atoms with van der Waals surface area (Å²) in [4.78, 5) is 24.2. The third-order valence-corrected chi connectivity index (χ3v) is 2.16. The quantitative estimate of drug-likeness (QED) is 0.539. The molecule has 0 aliphatic carbocycles. The highest BCUT2D eigenvalue weighted by Crippen LogP contribution is 1.98. The van der Waals surface area contributed by atoms with Crippen molar-refractivity contribution in [2.75, 3.05) is 40.4 Å². The van der Waals surface area contributed by atoms with Gasteiger partial charge >= 0.3 is 0 Å². The van der Waals surface area contributed by atoms with Crippen LogP contribution in [0, 0.1) is 5.92 Å². The number of likely N-dealkylation sites (N-methyl/N-ethyl adjacent to an activating group) is 1. The van der Waals surface area contributed by atoms with Gasteiger partial charge in [0, 0.05) is 27.2 Å². The number of hydrogen-bond acceptors (Lipinski definition) is 4. The Bertz CT molecular complexity index is 233. The molecular weight excluding hydrogens is 210 g/mol. The average molecular weight is 231 g/mol. The molecule has 0 bridgehead atoms. The number of rotatable bonds is 7. The van der Waals surface area contributed by atoms with Gasteiger partial charge in [-0.25, -0.2) is 0 Å². The summed E-state index contributed by atoms with van der Waals surface area (Å²) >= 11 is 0. The highest BCUT2D eigenvalue weighted by atomic mass is 16.5. The molecule has 0 aromatic rings. The van der Waals surface area contributed by atoms with Gasteiger partial charge in [-0.2, -0.15) is 0 Å². The minimum Gasteiger partial charge on any atom is -0.370 e. The van der Waals surface area contributed by atoms with Gasteiger partial charge in [-0.05, 0) is 0 Å². The molecular formula is C10H21N3O3. The third kappa shape index (κ3) is 5.67. The van der Waals surface area contributed by atoms with Crippen LogP contribution in [0.25, 0.3) is 0 Å². The summed E-state index contributed by atoms with van der Waals surface area (Å²) in [5.41, 5.74) is 5.23. The molecule has 94 valence electrons. The van der Waals surface area contributed by atoms with Crippen molar-refractivity contribution in [2.24, 2.45) is 11.7 Å². The number of amides is 2. The fourth-order valence-corrected chi connectivity index (χ4v) is 1.19. The third-order valence-electron chi connectivity index (χ3n) is 2.16. The molecule has 0 saturated carbocycles. The van der Waals surface area contributed by atoms with E-state index in [9.17, 15) is 9.59 Å². The second kappa shape index (κ2) is 8.06. The lowest BCUT2D eigenvalue weighted by Crippen LogP contribution is -2.39. The van der Waals surface area contributed by atoms with E-state index in [-0.39, 0.29) is 24.3 Å². The zero-order chi connectivity index (χ0) is 12.6. The smallest absolute Gasteiger partial charge is 0.248 e. The lowest BCUT2D eigenvalue weighted by atomic mass is 10.1. The van der Waals surface area contributed by atoms with Crippen LogP contribution < -0.4 is 11.1 Å². The van der Waals surface area contributed by atoms with E-state index in [0.29, 0.717) is 19.7 Å². The minimum atomic E-state index is -0.228. The summed E-state index contributed by atoms with van der Waals surface area (Å²) in [6, 6.07) is 0. The fourth-order valence-electron chi connectivity index (χ4n) is 1.19. The van der Waals surface area contributed by atoms with E-state index in [1.165, 1.54) is 4.90 Å². The number of ether oxygens (including phenoxy) is 1. The lowest BCUT2D eigenvalue weighted by molar-refractivity contribution is -0.136. The molecule has 0 aliphatic heterocycles. The molecule has 16 heavy (non-hydrogen) atoms. The van der Waals surface area contributed by atoms with Crippen LogP contribution in [0.2, 0.25) is 0 Å². The van der Waals surface area contributed by atoms with Crippen LogP contribution in [0.1, 0.15) is 6.92 Å². The Hall–Kier alpha value is -1.14. The molecule has 0 rings (SSSR count). The van der Waals surface area contributed by atoms with E-state index in [2.05, 4.69) is 5.32 Å². The van der Waals surface area contributed by atoms with Gasteiger partial charge in [0.1, 0.15) is 6.61 Å². The molecule has 0 radical (unpaired) electrons. The number of nitrogens with zero attached hydrogens (tertiary/aromatic N) is 1. The van der Waals surface area contributed by atoms with Crippen LogP contribution in [0.15, 0.2) is 0 Å².